The van der Waals surface area contributed by atoms with E-state index in [0.29, 0.717) is 24.9 Å². The first kappa shape index (κ1) is 23.7. The highest BCUT2D eigenvalue weighted by Crippen LogP contribution is 2.19. The lowest BCUT2D eigenvalue weighted by Gasteiger charge is -2.20. The smallest absolute Gasteiger partial charge is 0.300 e. The second-order valence-corrected chi connectivity index (χ2v) is 5.20. The van der Waals surface area contributed by atoms with Crippen LogP contribution >= 0.6 is 0 Å². The lowest BCUT2D eigenvalue weighted by Crippen LogP contribution is -2.29. The SMILES string of the molecule is C=C(\C=C/C(=C\C)/C=C1/OC(=NCC)N(CC)C1=O)N(CC)CC.CC. The maximum atomic E-state index is 12.4. The molecular formula is C21H35N3O2. The minimum atomic E-state index is -0.153. The Labute approximate surface area is 159 Å². The van der Waals surface area contributed by atoms with Gasteiger partial charge in [-0.15, -0.1) is 0 Å². The number of ether oxygens (including phenoxy) is 1. The number of carbonyl (C=O) groups excluding carboxylic acids is 1. The largest absolute Gasteiger partial charge is 0.420 e. The van der Waals surface area contributed by atoms with E-state index in [4.69, 9.17) is 4.74 Å². The molecule has 0 atom stereocenters. The van der Waals surface area contributed by atoms with E-state index in [-0.39, 0.29) is 5.91 Å². The van der Waals surface area contributed by atoms with Crippen LogP contribution in [0.1, 0.15) is 48.5 Å². The van der Waals surface area contributed by atoms with Crippen molar-refractivity contribution in [2.24, 2.45) is 4.99 Å². The summed E-state index contributed by atoms with van der Waals surface area (Å²) in [5.41, 5.74) is 1.83. The predicted octanol–water partition coefficient (Wildman–Crippen LogP) is 4.51. The van der Waals surface area contributed by atoms with E-state index < -0.39 is 0 Å². The van der Waals surface area contributed by atoms with Gasteiger partial charge >= 0.3 is 0 Å². The van der Waals surface area contributed by atoms with E-state index in [0.717, 1.165) is 24.4 Å². The highest BCUT2D eigenvalue weighted by atomic mass is 16.5. The molecule has 0 aliphatic carbocycles. The van der Waals surface area contributed by atoms with Gasteiger partial charge in [-0.05, 0) is 52.3 Å². The molecule has 1 fully saturated rings. The minimum Gasteiger partial charge on any atom is -0.420 e. The van der Waals surface area contributed by atoms with Crippen LogP contribution in [0.5, 0.6) is 0 Å². The van der Waals surface area contributed by atoms with Crippen LogP contribution in [0, 0.1) is 0 Å². The maximum Gasteiger partial charge on any atom is 0.300 e. The standard InChI is InChI=1S/C19H29N3O2.C2H6/c1-7-16(13-12-15(6)21(9-3)10-4)14-17-18(23)22(11-5)19(24-17)20-8-2;1-2/h7,12-14H,6,8-11H2,1-5H3;1-2H3/b13-12-,16-7+,17-14+,20-19?;. The van der Waals surface area contributed by atoms with E-state index in [9.17, 15) is 4.79 Å². The molecule has 0 spiro atoms. The zero-order valence-corrected chi connectivity index (χ0v) is 17.5. The summed E-state index contributed by atoms with van der Waals surface area (Å²) in [5.74, 6) is 0.148. The third kappa shape index (κ3) is 6.54. The molecule has 0 bridgehead atoms. The normalized spacial score (nSPS) is 17.6. The van der Waals surface area contributed by atoms with Gasteiger partial charge in [-0.3, -0.25) is 9.69 Å². The fourth-order valence-electron chi connectivity index (χ4n) is 2.35. The maximum absolute atomic E-state index is 12.4. The van der Waals surface area contributed by atoms with Crippen molar-refractivity contribution in [2.45, 2.75) is 48.5 Å². The summed E-state index contributed by atoms with van der Waals surface area (Å²) in [4.78, 5) is 20.3. The van der Waals surface area contributed by atoms with Crippen LogP contribution in [0.3, 0.4) is 0 Å². The van der Waals surface area contributed by atoms with E-state index in [2.05, 4.69) is 30.3 Å². The van der Waals surface area contributed by atoms with Crippen molar-refractivity contribution in [1.29, 1.82) is 0 Å². The third-order valence-electron chi connectivity index (χ3n) is 3.77. The van der Waals surface area contributed by atoms with Crippen molar-refractivity contribution >= 4 is 11.9 Å². The number of likely N-dealkylation sites (N-methyl/N-ethyl adjacent to an activating group) is 2. The molecule has 0 aromatic carbocycles. The number of allylic oxidation sites excluding steroid dienone is 5. The zero-order valence-electron chi connectivity index (χ0n) is 17.5. The molecule has 5 heteroatoms. The summed E-state index contributed by atoms with van der Waals surface area (Å²) in [6.45, 7) is 20.9. The molecule has 0 aromatic heterocycles. The first-order valence-electron chi connectivity index (χ1n) is 9.56. The molecule has 26 heavy (non-hydrogen) atoms. The number of carbonyl (C=O) groups is 1. The average Bonchev–Trinajstić information content (AvgIpc) is 2.96. The van der Waals surface area contributed by atoms with E-state index in [1.807, 2.05) is 52.8 Å². The first-order chi connectivity index (χ1) is 12.5. The van der Waals surface area contributed by atoms with Crippen LogP contribution in [0.4, 0.5) is 0 Å². The molecule has 0 saturated carbocycles. The van der Waals surface area contributed by atoms with Gasteiger partial charge in [0.15, 0.2) is 5.76 Å². The zero-order chi connectivity index (χ0) is 20.1. The van der Waals surface area contributed by atoms with Gasteiger partial charge in [-0.2, -0.15) is 0 Å². The number of hydrogen-bond donors (Lipinski definition) is 0. The van der Waals surface area contributed by atoms with Gasteiger partial charge in [0.1, 0.15) is 0 Å². The highest BCUT2D eigenvalue weighted by molar-refractivity contribution is 6.09. The Bertz CT molecular complexity index is 582. The van der Waals surface area contributed by atoms with Crippen LogP contribution in [-0.4, -0.2) is 47.9 Å². The molecule has 1 rings (SSSR count). The molecule has 5 nitrogen and oxygen atoms in total. The molecule has 1 heterocycles. The van der Waals surface area contributed by atoms with E-state index in [1.165, 1.54) is 0 Å². The summed E-state index contributed by atoms with van der Waals surface area (Å²) in [7, 11) is 0. The van der Waals surface area contributed by atoms with Crippen LogP contribution in [0.15, 0.2) is 52.9 Å². The molecule has 0 unspecified atom stereocenters. The summed E-state index contributed by atoms with van der Waals surface area (Å²) in [6, 6.07) is 0.378. The Kier molecular flexibility index (Phi) is 11.8. The number of aliphatic imine (C=N–C) groups is 1. The van der Waals surface area contributed by atoms with Crippen molar-refractivity contribution in [3.05, 3.63) is 47.9 Å². The second-order valence-electron chi connectivity index (χ2n) is 5.20. The topological polar surface area (TPSA) is 45.1 Å². The number of nitrogens with zero attached hydrogens (tertiary/aromatic N) is 3. The predicted molar refractivity (Wildman–Crippen MR) is 111 cm³/mol. The molecule has 146 valence electrons. The average molecular weight is 362 g/mol. The monoisotopic (exact) mass is 361 g/mol. The lowest BCUT2D eigenvalue weighted by atomic mass is 10.2. The van der Waals surface area contributed by atoms with Gasteiger partial charge in [-0.25, -0.2) is 4.99 Å². The highest BCUT2D eigenvalue weighted by Gasteiger charge is 2.33. The van der Waals surface area contributed by atoms with Gasteiger partial charge in [0, 0.05) is 31.9 Å². The van der Waals surface area contributed by atoms with Gasteiger partial charge in [-0.1, -0.05) is 32.6 Å². The molecule has 1 saturated heterocycles. The van der Waals surface area contributed by atoms with Crippen molar-refractivity contribution in [1.82, 2.24) is 9.80 Å². The first-order valence-corrected chi connectivity index (χ1v) is 9.56. The summed E-state index contributed by atoms with van der Waals surface area (Å²) < 4.78 is 5.63. The fourth-order valence-corrected chi connectivity index (χ4v) is 2.35. The summed E-state index contributed by atoms with van der Waals surface area (Å²) in [5, 5.41) is 0. The molecular weight excluding hydrogens is 326 g/mol. The molecule has 0 N–H and O–H groups in total. The Morgan fingerprint density at radius 1 is 1.19 bits per heavy atom. The van der Waals surface area contributed by atoms with Gasteiger partial charge in [0.2, 0.25) is 0 Å². The van der Waals surface area contributed by atoms with Gasteiger partial charge < -0.3 is 9.64 Å². The Hall–Kier alpha value is -2.30. The number of hydrogen-bond acceptors (Lipinski definition) is 4. The van der Waals surface area contributed by atoms with Crippen molar-refractivity contribution in [3.8, 4) is 0 Å². The quantitative estimate of drug-likeness (QED) is 0.472. The van der Waals surface area contributed by atoms with E-state index >= 15 is 0 Å². The number of amides is 1. The van der Waals surface area contributed by atoms with Crippen molar-refractivity contribution < 1.29 is 9.53 Å². The van der Waals surface area contributed by atoms with Crippen LogP contribution < -0.4 is 0 Å². The van der Waals surface area contributed by atoms with Crippen LogP contribution in [0.25, 0.3) is 0 Å². The van der Waals surface area contributed by atoms with Crippen molar-refractivity contribution in [2.75, 3.05) is 26.2 Å². The van der Waals surface area contributed by atoms with Crippen LogP contribution in [0.2, 0.25) is 0 Å². The summed E-state index contributed by atoms with van der Waals surface area (Å²) in [6.07, 6.45) is 7.57. The minimum absolute atomic E-state index is 0.153. The lowest BCUT2D eigenvalue weighted by molar-refractivity contribution is -0.122. The molecule has 0 radical (unpaired) electrons. The van der Waals surface area contributed by atoms with E-state index in [1.54, 1.807) is 11.0 Å². The fraction of sp³-hybridized carbons (Fsp3) is 0.524. The van der Waals surface area contributed by atoms with Crippen molar-refractivity contribution in [3.63, 3.8) is 0 Å². The second kappa shape index (κ2) is 13.0. The Morgan fingerprint density at radius 2 is 1.81 bits per heavy atom. The molecule has 1 aliphatic heterocycles. The van der Waals surface area contributed by atoms with Crippen LogP contribution in [-0.2, 0) is 9.53 Å². The molecule has 1 amide bonds. The Morgan fingerprint density at radius 3 is 2.27 bits per heavy atom. The van der Waals surface area contributed by atoms with Gasteiger partial charge in [0.05, 0.1) is 0 Å². The van der Waals surface area contributed by atoms with Gasteiger partial charge in [0.25, 0.3) is 11.9 Å². The number of rotatable bonds is 8. The summed E-state index contributed by atoms with van der Waals surface area (Å²) >= 11 is 0. The third-order valence-corrected chi connectivity index (χ3v) is 3.77. The molecule has 1 aliphatic rings. The Balaban J connectivity index is 0.00000301. The molecule has 0 aromatic rings. The number of amidine groups is 1.